The van der Waals surface area contributed by atoms with Gasteiger partial charge >= 0.3 is 6.18 Å². The third-order valence-corrected chi connectivity index (χ3v) is 4.03. The quantitative estimate of drug-likeness (QED) is 0.873. The van der Waals surface area contributed by atoms with Crippen molar-refractivity contribution in [3.63, 3.8) is 0 Å². The zero-order valence-electron chi connectivity index (χ0n) is 14.1. The number of oxazole rings is 1. The summed E-state index contributed by atoms with van der Waals surface area (Å²) in [4.78, 5) is 3.99. The Hall–Kier alpha value is -1.60. The standard InChI is InChI=1S/C15H17F3N2O2.C2H6/c1-9-20-12-6-10(7-19-8-14(21)3-2-4-14)5-11(13(12)22-9)15(16,17)18;1-2/h5-6,19,21H,2-4,7-8H2,1H3;1-2H3. The second-order valence-electron chi connectivity index (χ2n) is 5.90. The summed E-state index contributed by atoms with van der Waals surface area (Å²) in [6, 6.07) is 2.66. The molecular formula is C17H23F3N2O2. The van der Waals surface area contributed by atoms with Gasteiger partial charge in [-0.05, 0) is 37.0 Å². The molecule has 1 aromatic carbocycles. The van der Waals surface area contributed by atoms with E-state index < -0.39 is 17.3 Å². The van der Waals surface area contributed by atoms with Crippen molar-refractivity contribution in [1.82, 2.24) is 10.3 Å². The molecule has 7 heteroatoms. The highest BCUT2D eigenvalue weighted by molar-refractivity contribution is 5.78. The van der Waals surface area contributed by atoms with E-state index in [4.69, 9.17) is 4.42 Å². The van der Waals surface area contributed by atoms with E-state index in [9.17, 15) is 18.3 Å². The van der Waals surface area contributed by atoms with Crippen LogP contribution in [0.15, 0.2) is 16.5 Å². The van der Waals surface area contributed by atoms with Gasteiger partial charge < -0.3 is 14.8 Å². The minimum absolute atomic E-state index is 0.200. The number of alkyl halides is 3. The first-order valence-corrected chi connectivity index (χ1v) is 8.17. The van der Waals surface area contributed by atoms with Crippen molar-refractivity contribution in [2.45, 2.75) is 58.4 Å². The Morgan fingerprint density at radius 3 is 2.50 bits per heavy atom. The number of hydrogen-bond donors (Lipinski definition) is 2. The van der Waals surface area contributed by atoms with Crippen molar-refractivity contribution in [3.05, 3.63) is 29.2 Å². The number of nitrogens with one attached hydrogen (secondary N) is 1. The monoisotopic (exact) mass is 344 g/mol. The maximum absolute atomic E-state index is 13.1. The van der Waals surface area contributed by atoms with Gasteiger partial charge in [0.2, 0.25) is 0 Å². The molecule has 2 N–H and O–H groups in total. The molecule has 0 amide bonds. The molecule has 0 saturated heterocycles. The zero-order chi connectivity index (χ0) is 18.0. The van der Waals surface area contributed by atoms with Crippen LogP contribution in [0.25, 0.3) is 11.1 Å². The van der Waals surface area contributed by atoms with Gasteiger partial charge in [-0.2, -0.15) is 13.2 Å². The summed E-state index contributed by atoms with van der Waals surface area (Å²) in [5, 5.41) is 13.0. The van der Waals surface area contributed by atoms with Crippen LogP contribution in [0.1, 0.15) is 50.1 Å². The highest BCUT2D eigenvalue weighted by Crippen LogP contribution is 2.36. The molecule has 0 bridgehead atoms. The number of nitrogens with zero attached hydrogens (tertiary/aromatic N) is 1. The van der Waals surface area contributed by atoms with Gasteiger partial charge in [-0.25, -0.2) is 4.98 Å². The van der Waals surface area contributed by atoms with Crippen LogP contribution in [0.2, 0.25) is 0 Å². The summed E-state index contributed by atoms with van der Waals surface area (Å²) in [5.74, 6) is 0.203. The summed E-state index contributed by atoms with van der Waals surface area (Å²) in [6.07, 6.45) is -2.04. The van der Waals surface area contributed by atoms with E-state index in [1.54, 1.807) is 6.07 Å². The average molecular weight is 344 g/mol. The lowest BCUT2D eigenvalue weighted by molar-refractivity contribution is -0.136. The molecule has 1 heterocycles. The fourth-order valence-electron chi connectivity index (χ4n) is 2.72. The Labute approximate surface area is 139 Å². The van der Waals surface area contributed by atoms with Crippen LogP contribution in [0.4, 0.5) is 13.2 Å². The number of aromatic nitrogens is 1. The number of rotatable bonds is 4. The van der Waals surface area contributed by atoms with Gasteiger partial charge in [0.05, 0.1) is 5.60 Å². The minimum atomic E-state index is -4.49. The largest absolute Gasteiger partial charge is 0.440 e. The first-order chi connectivity index (χ1) is 11.3. The molecule has 1 aromatic heterocycles. The fraction of sp³-hybridized carbons (Fsp3) is 0.588. The van der Waals surface area contributed by atoms with Crippen LogP contribution in [-0.4, -0.2) is 22.2 Å². The van der Waals surface area contributed by atoms with E-state index >= 15 is 0 Å². The third kappa shape index (κ3) is 4.08. The topological polar surface area (TPSA) is 58.3 Å². The number of fused-ring (bicyclic) bond motifs is 1. The number of aryl methyl sites for hydroxylation is 1. The van der Waals surface area contributed by atoms with Crippen LogP contribution in [-0.2, 0) is 12.7 Å². The number of benzene rings is 1. The molecule has 1 fully saturated rings. The average Bonchev–Trinajstić information content (AvgIpc) is 2.85. The van der Waals surface area contributed by atoms with Crippen LogP contribution in [0, 0.1) is 6.92 Å². The van der Waals surface area contributed by atoms with E-state index in [0.29, 0.717) is 12.1 Å². The third-order valence-electron chi connectivity index (χ3n) is 4.03. The molecule has 0 aliphatic heterocycles. The Kier molecular flexibility index (Phi) is 5.55. The molecule has 0 atom stereocenters. The van der Waals surface area contributed by atoms with E-state index in [1.807, 2.05) is 13.8 Å². The summed E-state index contributed by atoms with van der Waals surface area (Å²) < 4.78 is 44.5. The lowest BCUT2D eigenvalue weighted by atomic mass is 9.80. The number of aliphatic hydroxyl groups is 1. The molecule has 134 valence electrons. The maximum atomic E-state index is 13.1. The predicted molar refractivity (Wildman–Crippen MR) is 85.6 cm³/mol. The van der Waals surface area contributed by atoms with Gasteiger partial charge in [0.25, 0.3) is 0 Å². The Bertz CT molecular complexity index is 691. The first-order valence-electron chi connectivity index (χ1n) is 8.17. The molecule has 1 aliphatic rings. The molecule has 0 radical (unpaired) electrons. The second-order valence-corrected chi connectivity index (χ2v) is 5.90. The highest BCUT2D eigenvalue weighted by Gasteiger charge is 2.36. The van der Waals surface area contributed by atoms with Gasteiger partial charge in [0.1, 0.15) is 11.1 Å². The van der Waals surface area contributed by atoms with Gasteiger partial charge in [-0.15, -0.1) is 0 Å². The van der Waals surface area contributed by atoms with E-state index in [0.717, 1.165) is 25.3 Å². The van der Waals surface area contributed by atoms with Crippen LogP contribution in [0.5, 0.6) is 0 Å². The minimum Gasteiger partial charge on any atom is -0.440 e. The number of halogens is 3. The van der Waals surface area contributed by atoms with Crippen molar-refractivity contribution < 1.29 is 22.7 Å². The zero-order valence-corrected chi connectivity index (χ0v) is 14.1. The molecule has 1 aliphatic carbocycles. The first kappa shape index (κ1) is 18.7. The SMILES string of the molecule is CC.Cc1nc2cc(CNCC3(O)CCC3)cc(C(F)(F)F)c2o1. The molecule has 2 aromatic rings. The summed E-state index contributed by atoms with van der Waals surface area (Å²) >= 11 is 0. The molecule has 1 saturated carbocycles. The smallest absolute Gasteiger partial charge is 0.420 e. The molecule has 0 unspecified atom stereocenters. The van der Waals surface area contributed by atoms with Crippen LogP contribution >= 0.6 is 0 Å². The van der Waals surface area contributed by atoms with Gasteiger partial charge in [0, 0.05) is 20.0 Å². The summed E-state index contributed by atoms with van der Waals surface area (Å²) in [7, 11) is 0. The lowest BCUT2D eigenvalue weighted by Crippen LogP contribution is -2.45. The van der Waals surface area contributed by atoms with Gasteiger partial charge in [0.15, 0.2) is 11.5 Å². The Morgan fingerprint density at radius 1 is 1.29 bits per heavy atom. The summed E-state index contributed by atoms with van der Waals surface area (Å²) in [5.41, 5.74) is -1.08. The number of hydrogen-bond acceptors (Lipinski definition) is 4. The maximum Gasteiger partial charge on any atom is 0.420 e. The van der Waals surface area contributed by atoms with Gasteiger partial charge in [-0.3, -0.25) is 0 Å². The molecule has 24 heavy (non-hydrogen) atoms. The van der Waals surface area contributed by atoms with E-state index in [-0.39, 0.29) is 23.5 Å². The predicted octanol–water partition coefficient (Wildman–Crippen LogP) is 4.19. The lowest BCUT2D eigenvalue weighted by Gasteiger charge is -2.36. The molecule has 4 nitrogen and oxygen atoms in total. The Morgan fingerprint density at radius 2 is 1.96 bits per heavy atom. The second kappa shape index (κ2) is 7.11. The highest BCUT2D eigenvalue weighted by atomic mass is 19.4. The van der Waals surface area contributed by atoms with Gasteiger partial charge in [-0.1, -0.05) is 13.8 Å². The fourth-order valence-corrected chi connectivity index (χ4v) is 2.72. The van der Waals surface area contributed by atoms with Crippen molar-refractivity contribution in [1.29, 1.82) is 0 Å². The Balaban J connectivity index is 0.00000100. The van der Waals surface area contributed by atoms with Crippen molar-refractivity contribution >= 4 is 11.1 Å². The van der Waals surface area contributed by atoms with Crippen LogP contribution < -0.4 is 5.32 Å². The summed E-state index contributed by atoms with van der Waals surface area (Å²) in [6.45, 7) is 6.14. The van der Waals surface area contributed by atoms with Crippen molar-refractivity contribution in [3.8, 4) is 0 Å². The normalized spacial score (nSPS) is 16.5. The van der Waals surface area contributed by atoms with E-state index in [1.165, 1.54) is 6.92 Å². The van der Waals surface area contributed by atoms with Crippen molar-refractivity contribution in [2.24, 2.45) is 0 Å². The van der Waals surface area contributed by atoms with Crippen LogP contribution in [0.3, 0.4) is 0 Å². The van der Waals surface area contributed by atoms with Crippen molar-refractivity contribution in [2.75, 3.05) is 6.54 Å². The molecule has 3 rings (SSSR count). The van der Waals surface area contributed by atoms with E-state index in [2.05, 4.69) is 10.3 Å². The molecular weight excluding hydrogens is 321 g/mol. The molecule has 0 spiro atoms.